The minimum atomic E-state index is -0.767. The quantitative estimate of drug-likeness (QED) is 0.246. The lowest BCUT2D eigenvalue weighted by Crippen LogP contribution is -2.34. The molecule has 1 saturated heterocycles. The fraction of sp³-hybridized carbons (Fsp3) is 0.200. The maximum Gasteiger partial charge on any atom is 0.406 e. The van der Waals surface area contributed by atoms with Gasteiger partial charge in [0.05, 0.1) is 18.3 Å². The minimum Gasteiger partial charge on any atom is -0.489 e. The zero-order valence-corrected chi connectivity index (χ0v) is 21.7. The highest BCUT2D eigenvalue weighted by molar-refractivity contribution is 5.92. The normalized spacial score (nSPS) is 15.2. The number of rotatable bonds is 9. The minimum absolute atomic E-state index is 0.333. The Bertz CT molecular complexity index is 1610. The summed E-state index contributed by atoms with van der Waals surface area (Å²) in [5.41, 5.74) is 8.56. The molecule has 0 aliphatic carbocycles. The van der Waals surface area contributed by atoms with E-state index in [0.717, 1.165) is 47.5 Å². The average molecular weight is 537 g/mol. The summed E-state index contributed by atoms with van der Waals surface area (Å²) in [7, 11) is 0. The van der Waals surface area contributed by atoms with E-state index in [4.69, 9.17) is 19.6 Å². The van der Waals surface area contributed by atoms with Gasteiger partial charge in [-0.3, -0.25) is 9.88 Å². The fourth-order valence-corrected chi connectivity index (χ4v) is 4.75. The first-order valence-electron chi connectivity index (χ1n) is 13.0. The number of aromatic nitrogens is 3. The molecule has 40 heavy (non-hydrogen) atoms. The first kappa shape index (κ1) is 25.3. The molecular formula is C30H28N6O4. The van der Waals surface area contributed by atoms with E-state index in [1.165, 1.54) is 6.33 Å². The molecule has 1 fully saturated rings. The van der Waals surface area contributed by atoms with Crippen molar-refractivity contribution in [2.24, 2.45) is 5.73 Å². The summed E-state index contributed by atoms with van der Waals surface area (Å²) < 4.78 is 17.2. The summed E-state index contributed by atoms with van der Waals surface area (Å²) >= 11 is 0. The van der Waals surface area contributed by atoms with Gasteiger partial charge in [0.25, 0.3) is 0 Å². The van der Waals surface area contributed by atoms with E-state index in [9.17, 15) is 4.79 Å². The van der Waals surface area contributed by atoms with Crippen molar-refractivity contribution >= 4 is 28.5 Å². The molecule has 3 aromatic heterocycles. The van der Waals surface area contributed by atoms with Crippen LogP contribution in [0.4, 0.5) is 16.3 Å². The van der Waals surface area contributed by atoms with E-state index in [-0.39, 0.29) is 6.23 Å². The molecule has 6 rings (SSSR count). The van der Waals surface area contributed by atoms with Crippen LogP contribution >= 0.6 is 0 Å². The number of ether oxygens (including phenoxy) is 2. The van der Waals surface area contributed by atoms with Crippen molar-refractivity contribution in [3.63, 3.8) is 0 Å². The Morgan fingerprint density at radius 2 is 1.90 bits per heavy atom. The molecule has 5 aromatic rings. The number of anilines is 2. The van der Waals surface area contributed by atoms with Crippen molar-refractivity contribution in [1.82, 2.24) is 19.9 Å². The third kappa shape index (κ3) is 5.87. The average Bonchev–Trinajstić information content (AvgIpc) is 3.63. The number of fused-ring (bicyclic) bond motifs is 1. The number of primary amides is 1. The number of nitrogens with zero attached hydrogens (tertiary/aromatic N) is 4. The maximum atomic E-state index is 11.2. The number of hydrogen-bond acceptors (Lipinski definition) is 9. The standard InChI is InChI=1S/C30H28N6O4/c31-30(37)40-28-7-4-14-36(28)17-23-12-13-27(39-23)25-15-24-26(16-32-25)33-19-34-29(24)35-21-8-10-22(11-9-21)38-18-20-5-2-1-3-6-20/h1-3,5-6,8-13,15-16,19,28H,4,7,14,17-18H2,(H2,31,37)(H,33,34,35)/t28-/m1/s1. The van der Waals surface area contributed by atoms with Gasteiger partial charge in [0.15, 0.2) is 12.0 Å². The summed E-state index contributed by atoms with van der Waals surface area (Å²) in [4.78, 5) is 26.6. The van der Waals surface area contributed by atoms with Crippen molar-refractivity contribution in [3.05, 3.63) is 96.6 Å². The lowest BCUT2D eigenvalue weighted by Gasteiger charge is -2.22. The van der Waals surface area contributed by atoms with Crippen molar-refractivity contribution in [2.45, 2.75) is 32.2 Å². The number of benzene rings is 2. The molecular weight excluding hydrogens is 508 g/mol. The summed E-state index contributed by atoms with van der Waals surface area (Å²) in [6.45, 7) is 1.81. The number of pyridine rings is 1. The van der Waals surface area contributed by atoms with E-state index in [1.807, 2.05) is 77.7 Å². The van der Waals surface area contributed by atoms with Gasteiger partial charge < -0.3 is 24.9 Å². The van der Waals surface area contributed by atoms with Crippen molar-refractivity contribution in [3.8, 4) is 17.2 Å². The number of amides is 1. The summed E-state index contributed by atoms with van der Waals surface area (Å²) in [5.74, 6) is 2.80. The van der Waals surface area contributed by atoms with Gasteiger partial charge in [-0.1, -0.05) is 30.3 Å². The van der Waals surface area contributed by atoms with Gasteiger partial charge >= 0.3 is 6.09 Å². The van der Waals surface area contributed by atoms with Crippen LogP contribution in [0.3, 0.4) is 0 Å². The molecule has 1 aliphatic rings. The molecule has 2 aromatic carbocycles. The molecule has 0 radical (unpaired) electrons. The van der Waals surface area contributed by atoms with Gasteiger partial charge in [-0.25, -0.2) is 14.8 Å². The summed E-state index contributed by atoms with van der Waals surface area (Å²) in [6, 6.07) is 23.5. The lowest BCUT2D eigenvalue weighted by molar-refractivity contribution is 0.0108. The van der Waals surface area contributed by atoms with Crippen LogP contribution in [0, 0.1) is 0 Å². The number of nitrogens with one attached hydrogen (secondary N) is 1. The lowest BCUT2D eigenvalue weighted by atomic mass is 10.2. The van der Waals surface area contributed by atoms with E-state index < -0.39 is 6.09 Å². The Morgan fingerprint density at radius 3 is 2.73 bits per heavy atom. The molecule has 0 spiro atoms. The van der Waals surface area contributed by atoms with Gasteiger partial charge in [0.2, 0.25) is 0 Å². The SMILES string of the molecule is NC(=O)O[C@@H]1CCCN1Cc1ccc(-c2cc3c(Nc4ccc(OCc5ccccc5)cc4)ncnc3cn2)o1. The predicted molar refractivity (Wildman–Crippen MR) is 150 cm³/mol. The fourth-order valence-electron chi connectivity index (χ4n) is 4.75. The Morgan fingerprint density at radius 1 is 1.05 bits per heavy atom. The summed E-state index contributed by atoms with van der Waals surface area (Å²) in [5, 5.41) is 4.19. The van der Waals surface area contributed by atoms with Gasteiger partial charge in [0, 0.05) is 17.6 Å². The Balaban J connectivity index is 1.16. The maximum absolute atomic E-state index is 11.2. The largest absolute Gasteiger partial charge is 0.489 e. The van der Waals surface area contributed by atoms with Gasteiger partial charge in [-0.2, -0.15) is 0 Å². The van der Waals surface area contributed by atoms with E-state index in [0.29, 0.717) is 35.9 Å². The van der Waals surface area contributed by atoms with Crippen LogP contribution in [0.15, 0.2) is 89.7 Å². The van der Waals surface area contributed by atoms with Crippen molar-refractivity contribution < 1.29 is 18.7 Å². The van der Waals surface area contributed by atoms with Crippen LogP contribution in [-0.4, -0.2) is 38.7 Å². The van der Waals surface area contributed by atoms with Crippen LogP contribution in [0.25, 0.3) is 22.4 Å². The van der Waals surface area contributed by atoms with Crippen LogP contribution in [0.5, 0.6) is 5.75 Å². The molecule has 10 nitrogen and oxygen atoms in total. The first-order chi connectivity index (χ1) is 19.6. The number of furan rings is 1. The Labute approximate surface area is 230 Å². The van der Waals surface area contributed by atoms with Crippen molar-refractivity contribution in [2.75, 3.05) is 11.9 Å². The Hall–Kier alpha value is -4.96. The Kier molecular flexibility index (Phi) is 7.23. The smallest absolute Gasteiger partial charge is 0.406 e. The van der Waals surface area contributed by atoms with Crippen LogP contribution in [0.1, 0.15) is 24.2 Å². The molecule has 10 heteroatoms. The molecule has 0 saturated carbocycles. The topological polar surface area (TPSA) is 129 Å². The first-order valence-corrected chi connectivity index (χ1v) is 13.0. The highest BCUT2D eigenvalue weighted by Crippen LogP contribution is 2.30. The van der Waals surface area contributed by atoms with E-state index in [1.54, 1.807) is 6.20 Å². The van der Waals surface area contributed by atoms with Crippen LogP contribution in [0.2, 0.25) is 0 Å². The molecule has 202 valence electrons. The number of carbonyl (C=O) groups excluding carboxylic acids is 1. The zero-order chi connectivity index (χ0) is 27.3. The van der Waals surface area contributed by atoms with Crippen molar-refractivity contribution in [1.29, 1.82) is 0 Å². The third-order valence-electron chi connectivity index (χ3n) is 6.72. The number of nitrogens with two attached hydrogens (primary N) is 1. The van der Waals surface area contributed by atoms with Gasteiger partial charge in [0.1, 0.15) is 36.0 Å². The van der Waals surface area contributed by atoms with Gasteiger partial charge in [-0.05, 0) is 60.9 Å². The number of hydrogen-bond donors (Lipinski definition) is 2. The monoisotopic (exact) mass is 536 g/mol. The zero-order valence-electron chi connectivity index (χ0n) is 21.7. The summed E-state index contributed by atoms with van der Waals surface area (Å²) in [6.07, 6.45) is 3.79. The van der Waals surface area contributed by atoms with E-state index >= 15 is 0 Å². The second kappa shape index (κ2) is 11.4. The molecule has 3 N–H and O–H groups in total. The molecule has 1 atom stereocenters. The molecule has 0 bridgehead atoms. The highest BCUT2D eigenvalue weighted by Gasteiger charge is 2.28. The molecule has 4 heterocycles. The predicted octanol–water partition coefficient (Wildman–Crippen LogP) is 5.62. The second-order valence-electron chi connectivity index (χ2n) is 9.50. The number of likely N-dealkylation sites (tertiary alicyclic amines) is 1. The molecule has 0 unspecified atom stereocenters. The number of carbonyl (C=O) groups is 1. The second-order valence-corrected chi connectivity index (χ2v) is 9.50. The highest BCUT2D eigenvalue weighted by atomic mass is 16.6. The molecule has 1 aliphatic heterocycles. The van der Waals surface area contributed by atoms with Crippen LogP contribution < -0.4 is 15.8 Å². The van der Waals surface area contributed by atoms with Crippen LogP contribution in [-0.2, 0) is 17.9 Å². The van der Waals surface area contributed by atoms with Gasteiger partial charge in [-0.15, -0.1) is 0 Å². The van der Waals surface area contributed by atoms with E-state index in [2.05, 4.69) is 20.3 Å². The third-order valence-corrected chi connectivity index (χ3v) is 6.72. The molecule has 1 amide bonds.